The van der Waals surface area contributed by atoms with Gasteiger partial charge in [0.15, 0.2) is 11.6 Å². The van der Waals surface area contributed by atoms with Gasteiger partial charge < -0.3 is 0 Å². The first-order valence-electron chi connectivity index (χ1n) is 11.4. The minimum atomic E-state index is 0.583. The number of rotatable bonds is 5. The number of hydrogen-bond acceptors (Lipinski definition) is 3. The third-order valence-electron chi connectivity index (χ3n) is 6.18. The van der Waals surface area contributed by atoms with E-state index in [0.717, 1.165) is 44.1 Å². The first-order chi connectivity index (χ1) is 17.2. The van der Waals surface area contributed by atoms with Gasteiger partial charge in [0.25, 0.3) is 0 Å². The van der Waals surface area contributed by atoms with Crippen LogP contribution in [0.25, 0.3) is 56.1 Å². The highest BCUT2D eigenvalue weighted by Crippen LogP contribution is 2.33. The van der Waals surface area contributed by atoms with Crippen LogP contribution in [0.5, 0.6) is 0 Å². The molecule has 2 aromatic heterocycles. The van der Waals surface area contributed by atoms with Gasteiger partial charge in [-0.05, 0) is 29.3 Å². The first-order valence-corrected chi connectivity index (χ1v) is 11.4. The SMILES string of the molecule is C=CC(=C)c1ccc2c(c1)c1ccccc1n2-c1nc(-c2ccccc2)nc(-c2ccccc2)n1. The number of hydrogen-bond donors (Lipinski definition) is 0. The largest absolute Gasteiger partial charge is 0.278 e. The molecular formula is C31H22N4. The van der Waals surface area contributed by atoms with Gasteiger partial charge in [0.1, 0.15) is 0 Å². The van der Waals surface area contributed by atoms with E-state index in [4.69, 9.17) is 15.0 Å². The summed E-state index contributed by atoms with van der Waals surface area (Å²) in [5.74, 6) is 1.85. The molecule has 0 radical (unpaired) electrons. The molecule has 2 heterocycles. The number of fused-ring (bicyclic) bond motifs is 3. The Bertz CT molecular complexity index is 1660. The summed E-state index contributed by atoms with van der Waals surface area (Å²) >= 11 is 0. The molecule has 0 bridgehead atoms. The number of para-hydroxylation sites is 1. The molecule has 35 heavy (non-hydrogen) atoms. The van der Waals surface area contributed by atoms with E-state index in [1.54, 1.807) is 6.08 Å². The van der Waals surface area contributed by atoms with E-state index in [2.05, 4.69) is 54.1 Å². The van der Waals surface area contributed by atoms with E-state index in [1.165, 1.54) is 0 Å². The summed E-state index contributed by atoms with van der Waals surface area (Å²) < 4.78 is 2.12. The average Bonchev–Trinajstić information content (AvgIpc) is 3.27. The fourth-order valence-electron chi connectivity index (χ4n) is 4.40. The Morgan fingerprint density at radius 1 is 0.629 bits per heavy atom. The van der Waals surface area contributed by atoms with Gasteiger partial charge in [0.2, 0.25) is 5.95 Å². The van der Waals surface area contributed by atoms with E-state index in [0.29, 0.717) is 17.6 Å². The lowest BCUT2D eigenvalue weighted by atomic mass is 10.0. The van der Waals surface area contributed by atoms with Crippen LogP contribution in [0.15, 0.2) is 122 Å². The van der Waals surface area contributed by atoms with Crippen molar-refractivity contribution in [2.24, 2.45) is 0 Å². The van der Waals surface area contributed by atoms with Crippen LogP contribution in [-0.4, -0.2) is 19.5 Å². The quantitative estimate of drug-likeness (QED) is 0.255. The van der Waals surface area contributed by atoms with Crippen molar-refractivity contribution in [1.82, 2.24) is 19.5 Å². The molecule has 4 nitrogen and oxygen atoms in total. The maximum absolute atomic E-state index is 4.95. The fourth-order valence-corrected chi connectivity index (χ4v) is 4.40. The van der Waals surface area contributed by atoms with Crippen molar-refractivity contribution >= 4 is 27.4 Å². The molecule has 0 aliphatic carbocycles. The van der Waals surface area contributed by atoms with Crippen LogP contribution in [0.3, 0.4) is 0 Å². The average molecular weight is 451 g/mol. The molecule has 0 atom stereocenters. The van der Waals surface area contributed by atoms with E-state index >= 15 is 0 Å². The van der Waals surface area contributed by atoms with Crippen molar-refractivity contribution in [1.29, 1.82) is 0 Å². The summed E-state index contributed by atoms with van der Waals surface area (Å²) in [4.78, 5) is 14.7. The second kappa shape index (κ2) is 8.50. The molecule has 0 amide bonds. The molecule has 4 aromatic carbocycles. The van der Waals surface area contributed by atoms with Gasteiger partial charge in [-0.25, -0.2) is 4.98 Å². The normalized spacial score (nSPS) is 11.1. The molecule has 0 N–H and O–H groups in total. The molecule has 0 spiro atoms. The van der Waals surface area contributed by atoms with Crippen LogP contribution in [0, 0.1) is 0 Å². The van der Waals surface area contributed by atoms with Gasteiger partial charge in [-0.15, -0.1) is 0 Å². The third-order valence-corrected chi connectivity index (χ3v) is 6.18. The molecule has 6 aromatic rings. The molecule has 0 aliphatic heterocycles. The maximum atomic E-state index is 4.95. The second-order valence-corrected chi connectivity index (χ2v) is 8.33. The molecular weight excluding hydrogens is 428 g/mol. The summed E-state index contributed by atoms with van der Waals surface area (Å²) in [5.41, 5.74) is 5.88. The van der Waals surface area contributed by atoms with E-state index in [-0.39, 0.29) is 0 Å². The van der Waals surface area contributed by atoms with Crippen LogP contribution in [0.2, 0.25) is 0 Å². The first kappa shape index (κ1) is 20.8. The number of allylic oxidation sites excluding steroid dienone is 2. The van der Waals surface area contributed by atoms with Crippen molar-refractivity contribution in [2.45, 2.75) is 0 Å². The van der Waals surface area contributed by atoms with E-state index in [9.17, 15) is 0 Å². The van der Waals surface area contributed by atoms with Gasteiger partial charge in [-0.2, -0.15) is 9.97 Å². The van der Waals surface area contributed by atoms with E-state index < -0.39 is 0 Å². The minimum absolute atomic E-state index is 0.583. The Balaban J connectivity index is 1.67. The lowest BCUT2D eigenvalue weighted by Gasteiger charge is -2.11. The number of nitrogens with zero attached hydrogens (tertiary/aromatic N) is 4. The van der Waals surface area contributed by atoms with Gasteiger partial charge >= 0.3 is 0 Å². The van der Waals surface area contributed by atoms with Gasteiger partial charge in [-0.3, -0.25) is 4.57 Å². The lowest BCUT2D eigenvalue weighted by Crippen LogP contribution is -2.06. The monoisotopic (exact) mass is 450 g/mol. The zero-order chi connectivity index (χ0) is 23.8. The van der Waals surface area contributed by atoms with Crippen LogP contribution < -0.4 is 0 Å². The summed E-state index contributed by atoms with van der Waals surface area (Å²) in [6.45, 7) is 8.01. The third kappa shape index (κ3) is 3.62. The molecule has 166 valence electrons. The standard InChI is InChI=1S/C31H22N4/c1-3-21(2)24-18-19-28-26(20-24)25-16-10-11-17-27(25)35(28)31-33-29(22-12-6-4-7-13-22)32-30(34-31)23-14-8-5-9-15-23/h3-20H,1-2H2. The summed E-state index contributed by atoms with van der Waals surface area (Å²) in [7, 11) is 0. The van der Waals surface area contributed by atoms with Crippen molar-refractivity contribution in [2.75, 3.05) is 0 Å². The fraction of sp³-hybridized carbons (Fsp3) is 0. The van der Waals surface area contributed by atoms with Gasteiger partial charge in [-0.1, -0.05) is 104 Å². The Morgan fingerprint density at radius 2 is 1.20 bits per heavy atom. The van der Waals surface area contributed by atoms with Crippen LogP contribution in [0.1, 0.15) is 5.56 Å². The van der Waals surface area contributed by atoms with Gasteiger partial charge in [0, 0.05) is 21.9 Å². The Hall–Kier alpha value is -4.83. The predicted octanol–water partition coefficient (Wildman–Crippen LogP) is 7.50. The smallest absolute Gasteiger partial charge is 0.238 e. The van der Waals surface area contributed by atoms with Crippen LogP contribution in [-0.2, 0) is 0 Å². The van der Waals surface area contributed by atoms with E-state index in [1.807, 2.05) is 66.7 Å². The van der Waals surface area contributed by atoms with Crippen molar-refractivity contribution in [3.8, 4) is 28.7 Å². The highest BCUT2D eigenvalue weighted by atomic mass is 15.2. The Labute approximate surface area is 203 Å². The molecule has 0 saturated heterocycles. The number of aromatic nitrogens is 4. The summed E-state index contributed by atoms with van der Waals surface area (Å²) in [6, 6.07) is 34.7. The van der Waals surface area contributed by atoms with Gasteiger partial charge in [0.05, 0.1) is 11.0 Å². The topological polar surface area (TPSA) is 43.6 Å². The predicted molar refractivity (Wildman–Crippen MR) is 144 cm³/mol. The Kier molecular flexibility index (Phi) is 5.04. The van der Waals surface area contributed by atoms with Crippen molar-refractivity contribution in [3.05, 3.63) is 128 Å². The Morgan fingerprint density at radius 3 is 1.83 bits per heavy atom. The maximum Gasteiger partial charge on any atom is 0.238 e. The minimum Gasteiger partial charge on any atom is -0.278 e. The highest BCUT2D eigenvalue weighted by Gasteiger charge is 2.17. The summed E-state index contributed by atoms with van der Waals surface area (Å²) in [6.07, 6.45) is 1.78. The van der Waals surface area contributed by atoms with Crippen molar-refractivity contribution < 1.29 is 0 Å². The second-order valence-electron chi connectivity index (χ2n) is 8.33. The zero-order valence-corrected chi connectivity index (χ0v) is 19.1. The molecule has 4 heteroatoms. The molecule has 0 saturated carbocycles. The molecule has 6 rings (SSSR count). The molecule has 0 aliphatic rings. The summed E-state index contributed by atoms with van der Waals surface area (Å²) in [5, 5.41) is 2.24. The zero-order valence-electron chi connectivity index (χ0n) is 19.1. The molecule has 0 unspecified atom stereocenters. The lowest BCUT2D eigenvalue weighted by molar-refractivity contribution is 0.953. The van der Waals surface area contributed by atoms with Crippen LogP contribution >= 0.6 is 0 Å². The van der Waals surface area contributed by atoms with Crippen molar-refractivity contribution in [3.63, 3.8) is 0 Å². The molecule has 0 fully saturated rings. The van der Waals surface area contributed by atoms with Crippen LogP contribution in [0.4, 0.5) is 0 Å². The number of benzene rings is 4. The highest BCUT2D eigenvalue weighted by molar-refractivity contribution is 6.10.